The van der Waals surface area contributed by atoms with Crippen LogP contribution < -0.4 is 4.90 Å². The standard InChI is InChI=1S/C14H19BrN2O2/c1-10-9-11(3-4-12(10)15)17-7-6-16(2)14(19)13(17)5-8-18/h3-4,9,13,18H,5-8H2,1-2H3. The highest BCUT2D eigenvalue weighted by Gasteiger charge is 2.32. The molecule has 1 unspecified atom stereocenters. The summed E-state index contributed by atoms with van der Waals surface area (Å²) in [4.78, 5) is 16.0. The summed E-state index contributed by atoms with van der Waals surface area (Å²) >= 11 is 3.49. The van der Waals surface area contributed by atoms with E-state index < -0.39 is 0 Å². The first-order chi connectivity index (χ1) is 9.04. The lowest BCUT2D eigenvalue weighted by molar-refractivity contribution is -0.133. The highest BCUT2D eigenvalue weighted by Crippen LogP contribution is 2.27. The number of hydrogen-bond acceptors (Lipinski definition) is 3. The van der Waals surface area contributed by atoms with E-state index in [9.17, 15) is 9.90 Å². The van der Waals surface area contributed by atoms with E-state index in [0.717, 1.165) is 28.8 Å². The van der Waals surface area contributed by atoms with Crippen molar-refractivity contribution in [2.24, 2.45) is 0 Å². The summed E-state index contributed by atoms with van der Waals surface area (Å²) in [6.45, 7) is 3.58. The second-order valence-electron chi connectivity index (χ2n) is 4.91. The molecule has 1 aromatic rings. The van der Waals surface area contributed by atoms with E-state index in [2.05, 4.69) is 26.9 Å². The molecule has 1 aliphatic rings. The molecule has 1 aromatic carbocycles. The number of halogens is 1. The minimum atomic E-state index is -0.260. The van der Waals surface area contributed by atoms with Crippen LogP contribution in [0.1, 0.15) is 12.0 Å². The van der Waals surface area contributed by atoms with E-state index in [1.165, 1.54) is 0 Å². The minimum Gasteiger partial charge on any atom is -0.396 e. The van der Waals surface area contributed by atoms with Gasteiger partial charge in [0.25, 0.3) is 0 Å². The third-order valence-electron chi connectivity index (χ3n) is 3.59. The number of aliphatic hydroxyl groups excluding tert-OH is 1. The average Bonchev–Trinajstić information content (AvgIpc) is 2.39. The van der Waals surface area contributed by atoms with Crippen molar-refractivity contribution in [3.8, 4) is 0 Å². The zero-order chi connectivity index (χ0) is 14.0. The molecule has 0 spiro atoms. The quantitative estimate of drug-likeness (QED) is 0.920. The van der Waals surface area contributed by atoms with E-state index in [4.69, 9.17) is 0 Å². The maximum absolute atomic E-state index is 12.2. The van der Waals surface area contributed by atoms with Crippen LogP contribution in [0.3, 0.4) is 0 Å². The van der Waals surface area contributed by atoms with Crippen LogP contribution >= 0.6 is 15.9 Å². The van der Waals surface area contributed by atoms with Gasteiger partial charge in [-0.15, -0.1) is 0 Å². The molecule has 1 aliphatic heterocycles. The molecule has 1 fully saturated rings. The first-order valence-corrected chi connectivity index (χ1v) is 7.22. The van der Waals surface area contributed by atoms with Gasteiger partial charge in [-0.25, -0.2) is 0 Å². The summed E-state index contributed by atoms with van der Waals surface area (Å²) in [6.07, 6.45) is 0.471. The highest BCUT2D eigenvalue weighted by molar-refractivity contribution is 9.10. The lowest BCUT2D eigenvalue weighted by atomic mass is 10.1. The third-order valence-corrected chi connectivity index (χ3v) is 4.48. The van der Waals surface area contributed by atoms with Crippen LogP contribution in [0.25, 0.3) is 0 Å². The Kier molecular flexibility index (Phi) is 4.47. The zero-order valence-corrected chi connectivity index (χ0v) is 12.9. The number of benzene rings is 1. The number of aliphatic hydroxyl groups is 1. The van der Waals surface area contributed by atoms with Crippen LogP contribution in [0, 0.1) is 6.92 Å². The first kappa shape index (κ1) is 14.3. The van der Waals surface area contributed by atoms with Gasteiger partial charge in [0, 0.05) is 36.9 Å². The molecule has 1 heterocycles. The Bertz CT molecular complexity index is 479. The average molecular weight is 327 g/mol. The van der Waals surface area contributed by atoms with Crippen molar-refractivity contribution in [1.82, 2.24) is 4.90 Å². The van der Waals surface area contributed by atoms with Gasteiger partial charge in [-0.3, -0.25) is 4.79 Å². The maximum atomic E-state index is 12.2. The summed E-state index contributed by atoms with van der Waals surface area (Å²) < 4.78 is 1.07. The minimum absolute atomic E-state index is 0.0241. The molecule has 4 nitrogen and oxygen atoms in total. The number of rotatable bonds is 3. The van der Waals surface area contributed by atoms with E-state index in [1.807, 2.05) is 26.1 Å². The Morgan fingerprint density at radius 3 is 2.79 bits per heavy atom. The van der Waals surface area contributed by atoms with Crippen molar-refractivity contribution in [1.29, 1.82) is 0 Å². The molecule has 0 aromatic heterocycles. The van der Waals surface area contributed by atoms with Gasteiger partial charge in [-0.1, -0.05) is 15.9 Å². The molecule has 104 valence electrons. The van der Waals surface area contributed by atoms with Crippen molar-refractivity contribution in [3.63, 3.8) is 0 Å². The zero-order valence-electron chi connectivity index (χ0n) is 11.3. The third kappa shape index (κ3) is 2.92. The summed E-state index contributed by atoms with van der Waals surface area (Å²) in [5.41, 5.74) is 2.19. The lowest BCUT2D eigenvalue weighted by Gasteiger charge is -2.40. The molecule has 19 heavy (non-hydrogen) atoms. The molecule has 0 saturated carbocycles. The Balaban J connectivity index is 2.30. The number of likely N-dealkylation sites (N-methyl/N-ethyl adjacent to an activating group) is 1. The van der Waals surface area contributed by atoms with E-state index in [1.54, 1.807) is 4.90 Å². The van der Waals surface area contributed by atoms with Crippen LogP contribution in [0.15, 0.2) is 22.7 Å². The molecule has 1 amide bonds. The smallest absolute Gasteiger partial charge is 0.245 e. The Morgan fingerprint density at radius 2 is 2.16 bits per heavy atom. The molecule has 0 aliphatic carbocycles. The molecule has 5 heteroatoms. The van der Waals surface area contributed by atoms with Gasteiger partial charge in [0.05, 0.1) is 0 Å². The maximum Gasteiger partial charge on any atom is 0.245 e. The van der Waals surface area contributed by atoms with E-state index >= 15 is 0 Å². The molecule has 1 atom stereocenters. The molecule has 1 N–H and O–H groups in total. The van der Waals surface area contributed by atoms with Crippen LogP contribution in [0.4, 0.5) is 5.69 Å². The van der Waals surface area contributed by atoms with Crippen LogP contribution in [0.2, 0.25) is 0 Å². The van der Waals surface area contributed by atoms with Crippen molar-refractivity contribution >= 4 is 27.5 Å². The fourth-order valence-corrected chi connectivity index (χ4v) is 2.68. The second-order valence-corrected chi connectivity index (χ2v) is 5.77. The SMILES string of the molecule is Cc1cc(N2CCN(C)C(=O)C2CCO)ccc1Br. The number of aryl methyl sites for hydroxylation is 1. The number of nitrogens with zero attached hydrogens (tertiary/aromatic N) is 2. The number of piperazine rings is 1. The lowest BCUT2D eigenvalue weighted by Crippen LogP contribution is -2.56. The van der Waals surface area contributed by atoms with E-state index in [-0.39, 0.29) is 18.6 Å². The summed E-state index contributed by atoms with van der Waals surface area (Å²) in [5.74, 6) is 0.0841. The monoisotopic (exact) mass is 326 g/mol. The van der Waals surface area contributed by atoms with Gasteiger partial charge >= 0.3 is 0 Å². The highest BCUT2D eigenvalue weighted by atomic mass is 79.9. The summed E-state index contributed by atoms with van der Waals surface area (Å²) in [7, 11) is 1.82. The molecule has 2 rings (SSSR count). The summed E-state index contributed by atoms with van der Waals surface area (Å²) in [6, 6.07) is 5.83. The number of hydrogen-bond donors (Lipinski definition) is 1. The van der Waals surface area contributed by atoms with Crippen molar-refractivity contribution < 1.29 is 9.90 Å². The molecule has 1 saturated heterocycles. The fraction of sp³-hybridized carbons (Fsp3) is 0.500. The Morgan fingerprint density at radius 1 is 1.42 bits per heavy atom. The fourth-order valence-electron chi connectivity index (χ4n) is 2.43. The number of amides is 1. The number of carbonyl (C=O) groups excluding carboxylic acids is 1. The van der Waals surface area contributed by atoms with Crippen LogP contribution in [0.5, 0.6) is 0 Å². The van der Waals surface area contributed by atoms with Gasteiger partial charge in [-0.2, -0.15) is 0 Å². The largest absolute Gasteiger partial charge is 0.396 e. The van der Waals surface area contributed by atoms with Gasteiger partial charge in [0.2, 0.25) is 5.91 Å². The van der Waals surface area contributed by atoms with Gasteiger partial charge < -0.3 is 14.9 Å². The second kappa shape index (κ2) is 5.92. The Labute approximate surface area is 122 Å². The normalized spacial score (nSPS) is 20.0. The predicted octanol–water partition coefficient (Wildman–Crippen LogP) is 1.79. The molecule has 0 radical (unpaired) electrons. The van der Waals surface area contributed by atoms with Crippen molar-refractivity contribution in [3.05, 3.63) is 28.2 Å². The number of carbonyl (C=O) groups is 1. The molecular weight excluding hydrogens is 308 g/mol. The Hall–Kier alpha value is -1.07. The molecular formula is C14H19BrN2O2. The summed E-state index contributed by atoms with van der Waals surface area (Å²) in [5, 5.41) is 9.18. The van der Waals surface area contributed by atoms with Gasteiger partial charge in [0.15, 0.2) is 0 Å². The van der Waals surface area contributed by atoms with Crippen molar-refractivity contribution in [2.45, 2.75) is 19.4 Å². The van der Waals surface area contributed by atoms with Crippen LogP contribution in [-0.2, 0) is 4.79 Å². The predicted molar refractivity (Wildman–Crippen MR) is 79.4 cm³/mol. The van der Waals surface area contributed by atoms with E-state index in [0.29, 0.717) is 6.42 Å². The molecule has 0 bridgehead atoms. The van der Waals surface area contributed by atoms with Crippen LogP contribution in [-0.4, -0.2) is 48.7 Å². The van der Waals surface area contributed by atoms with Crippen molar-refractivity contribution in [2.75, 3.05) is 31.6 Å². The number of anilines is 1. The van der Waals surface area contributed by atoms with Gasteiger partial charge in [-0.05, 0) is 37.1 Å². The first-order valence-electron chi connectivity index (χ1n) is 6.43. The topological polar surface area (TPSA) is 43.8 Å². The van der Waals surface area contributed by atoms with Gasteiger partial charge in [0.1, 0.15) is 6.04 Å².